The third-order valence-electron chi connectivity index (χ3n) is 3.46. The molecule has 0 amide bonds. The third kappa shape index (κ3) is 2.57. The highest BCUT2D eigenvalue weighted by molar-refractivity contribution is 6.20. The molecule has 0 radical (unpaired) electrons. The molecule has 0 N–H and O–H groups in total. The van der Waals surface area contributed by atoms with Gasteiger partial charge in [0.05, 0.1) is 17.6 Å². The summed E-state index contributed by atoms with van der Waals surface area (Å²) < 4.78 is 2.01. The van der Waals surface area contributed by atoms with Gasteiger partial charge in [0, 0.05) is 0 Å². The molecule has 3 unspecified atom stereocenters. The predicted octanol–water partition coefficient (Wildman–Crippen LogP) is 3.58. The first kappa shape index (κ1) is 11.9. The van der Waals surface area contributed by atoms with Gasteiger partial charge in [0.25, 0.3) is 0 Å². The zero-order chi connectivity index (χ0) is 11.7. The lowest BCUT2D eigenvalue weighted by molar-refractivity contribution is 0.208. The van der Waals surface area contributed by atoms with Gasteiger partial charge in [-0.3, -0.25) is 0 Å². The van der Waals surface area contributed by atoms with Crippen molar-refractivity contribution in [2.45, 2.75) is 51.5 Å². The Bertz CT molecular complexity index is 338. The predicted molar refractivity (Wildman–Crippen MR) is 65.5 cm³/mol. The van der Waals surface area contributed by atoms with Crippen LogP contribution in [-0.2, 0) is 0 Å². The van der Waals surface area contributed by atoms with Gasteiger partial charge >= 0.3 is 0 Å². The summed E-state index contributed by atoms with van der Waals surface area (Å²) in [5.74, 6) is 1.57. The van der Waals surface area contributed by atoms with E-state index in [0.29, 0.717) is 6.04 Å². The Labute approximate surface area is 102 Å². The first-order chi connectivity index (χ1) is 7.56. The van der Waals surface area contributed by atoms with Crippen LogP contribution >= 0.6 is 11.6 Å². The van der Waals surface area contributed by atoms with Crippen molar-refractivity contribution >= 4 is 11.6 Å². The van der Waals surface area contributed by atoms with E-state index in [4.69, 9.17) is 11.6 Å². The summed E-state index contributed by atoms with van der Waals surface area (Å²) in [6, 6.07) is 0.510. The summed E-state index contributed by atoms with van der Waals surface area (Å²) in [4.78, 5) is 0. The van der Waals surface area contributed by atoms with Gasteiger partial charge in [-0.25, -0.2) is 4.68 Å². The van der Waals surface area contributed by atoms with E-state index in [1.807, 2.05) is 17.8 Å². The average Bonchev–Trinajstić information content (AvgIpc) is 2.64. The van der Waals surface area contributed by atoms with Gasteiger partial charge in [-0.05, 0) is 38.0 Å². The van der Waals surface area contributed by atoms with Crippen molar-refractivity contribution in [2.24, 2.45) is 11.8 Å². The lowest BCUT2D eigenvalue weighted by atomic mass is 9.80. The van der Waals surface area contributed by atoms with Crippen molar-refractivity contribution in [3.63, 3.8) is 0 Å². The van der Waals surface area contributed by atoms with E-state index in [1.165, 1.54) is 19.3 Å². The monoisotopic (exact) mass is 241 g/mol. The van der Waals surface area contributed by atoms with Crippen LogP contribution in [-0.4, -0.2) is 15.0 Å². The zero-order valence-corrected chi connectivity index (χ0v) is 11.0. The van der Waals surface area contributed by atoms with Gasteiger partial charge in [0.15, 0.2) is 0 Å². The second kappa shape index (κ2) is 4.74. The minimum Gasteiger partial charge on any atom is -0.249 e. The second-order valence-electron chi connectivity index (χ2n) is 5.31. The molecule has 3 atom stereocenters. The van der Waals surface area contributed by atoms with E-state index < -0.39 is 0 Å². The van der Waals surface area contributed by atoms with Crippen molar-refractivity contribution in [3.8, 4) is 0 Å². The molecule has 0 aliphatic heterocycles. The summed E-state index contributed by atoms with van der Waals surface area (Å²) in [7, 11) is 0. The highest BCUT2D eigenvalue weighted by Gasteiger charge is 2.26. The number of rotatable bonds is 2. The molecule has 0 spiro atoms. The van der Waals surface area contributed by atoms with Crippen molar-refractivity contribution in [1.82, 2.24) is 15.0 Å². The SMILES string of the molecule is CC1CC(C)CC(n2cc(C(C)Cl)nn2)C1. The van der Waals surface area contributed by atoms with Gasteiger partial charge in [-0.15, -0.1) is 16.7 Å². The number of hydrogen-bond acceptors (Lipinski definition) is 2. The Morgan fingerprint density at radius 2 is 1.94 bits per heavy atom. The van der Waals surface area contributed by atoms with Crippen LogP contribution in [0.4, 0.5) is 0 Å². The lowest BCUT2D eigenvalue weighted by Crippen LogP contribution is -2.23. The fourth-order valence-corrected chi connectivity index (χ4v) is 2.87. The normalized spacial score (nSPS) is 32.6. The van der Waals surface area contributed by atoms with Crippen LogP contribution in [0.5, 0.6) is 0 Å². The molecule has 1 heterocycles. The van der Waals surface area contributed by atoms with E-state index in [-0.39, 0.29) is 5.38 Å². The van der Waals surface area contributed by atoms with Crippen molar-refractivity contribution < 1.29 is 0 Å². The van der Waals surface area contributed by atoms with E-state index in [1.54, 1.807) is 0 Å². The lowest BCUT2D eigenvalue weighted by Gasteiger charge is -2.31. The number of aromatic nitrogens is 3. The van der Waals surface area contributed by atoms with Gasteiger partial charge < -0.3 is 0 Å². The summed E-state index contributed by atoms with van der Waals surface area (Å²) in [5, 5.41) is 8.29. The average molecular weight is 242 g/mol. The minimum atomic E-state index is -0.0489. The summed E-state index contributed by atoms with van der Waals surface area (Å²) in [6.45, 7) is 6.58. The second-order valence-corrected chi connectivity index (χ2v) is 5.97. The first-order valence-electron chi connectivity index (χ1n) is 6.12. The summed E-state index contributed by atoms with van der Waals surface area (Å²) in [5.41, 5.74) is 0.882. The molecule has 4 heteroatoms. The van der Waals surface area contributed by atoms with Gasteiger partial charge in [-0.2, -0.15) is 0 Å². The van der Waals surface area contributed by atoms with E-state index in [2.05, 4.69) is 24.2 Å². The Balaban J connectivity index is 2.10. The van der Waals surface area contributed by atoms with Crippen LogP contribution in [0.1, 0.15) is 57.1 Å². The standard InChI is InChI=1S/C12H20ClN3/c1-8-4-9(2)6-11(5-8)16-7-12(10(3)13)14-15-16/h7-11H,4-6H2,1-3H3. The third-order valence-corrected chi connectivity index (χ3v) is 3.69. The molecule has 0 bridgehead atoms. The molecule has 3 nitrogen and oxygen atoms in total. The zero-order valence-electron chi connectivity index (χ0n) is 10.2. The largest absolute Gasteiger partial charge is 0.249 e. The molecular weight excluding hydrogens is 222 g/mol. The van der Waals surface area contributed by atoms with Crippen molar-refractivity contribution in [2.75, 3.05) is 0 Å². The molecule has 0 saturated heterocycles. The Morgan fingerprint density at radius 1 is 1.31 bits per heavy atom. The molecule has 1 aliphatic rings. The van der Waals surface area contributed by atoms with Crippen LogP contribution < -0.4 is 0 Å². The first-order valence-corrected chi connectivity index (χ1v) is 6.55. The molecular formula is C12H20ClN3. The smallest absolute Gasteiger partial charge is 0.100 e. The molecule has 0 aromatic carbocycles. The van der Waals surface area contributed by atoms with Crippen LogP contribution in [0.15, 0.2) is 6.20 Å². The number of hydrogen-bond donors (Lipinski definition) is 0. The quantitative estimate of drug-likeness (QED) is 0.741. The Hall–Kier alpha value is -0.570. The number of nitrogens with zero attached hydrogens (tertiary/aromatic N) is 3. The number of alkyl halides is 1. The summed E-state index contributed by atoms with van der Waals surface area (Å²) in [6.07, 6.45) is 5.77. The van der Waals surface area contributed by atoms with Crippen molar-refractivity contribution in [1.29, 1.82) is 0 Å². The van der Waals surface area contributed by atoms with Crippen LogP contribution in [0.2, 0.25) is 0 Å². The maximum atomic E-state index is 6.00. The van der Waals surface area contributed by atoms with Crippen LogP contribution in [0.3, 0.4) is 0 Å². The van der Waals surface area contributed by atoms with Gasteiger partial charge in [-0.1, -0.05) is 19.1 Å². The highest BCUT2D eigenvalue weighted by Crippen LogP contribution is 2.35. The molecule has 1 fully saturated rings. The van der Waals surface area contributed by atoms with E-state index in [0.717, 1.165) is 17.5 Å². The Morgan fingerprint density at radius 3 is 2.44 bits per heavy atom. The van der Waals surface area contributed by atoms with Gasteiger partial charge in [0.1, 0.15) is 5.69 Å². The maximum absolute atomic E-state index is 6.00. The molecule has 1 aliphatic carbocycles. The topological polar surface area (TPSA) is 30.7 Å². The van der Waals surface area contributed by atoms with Crippen molar-refractivity contribution in [3.05, 3.63) is 11.9 Å². The van der Waals surface area contributed by atoms with Gasteiger partial charge in [0.2, 0.25) is 0 Å². The number of halogens is 1. The molecule has 1 aromatic rings. The fourth-order valence-electron chi connectivity index (χ4n) is 2.77. The highest BCUT2D eigenvalue weighted by atomic mass is 35.5. The van der Waals surface area contributed by atoms with E-state index in [9.17, 15) is 0 Å². The Kier molecular flexibility index (Phi) is 3.53. The molecule has 16 heavy (non-hydrogen) atoms. The molecule has 1 saturated carbocycles. The molecule has 1 aromatic heterocycles. The van der Waals surface area contributed by atoms with Crippen LogP contribution in [0, 0.1) is 11.8 Å². The van der Waals surface area contributed by atoms with E-state index >= 15 is 0 Å². The fraction of sp³-hybridized carbons (Fsp3) is 0.833. The van der Waals surface area contributed by atoms with Crippen LogP contribution in [0.25, 0.3) is 0 Å². The maximum Gasteiger partial charge on any atom is 0.100 e. The molecule has 2 rings (SSSR count). The minimum absolute atomic E-state index is 0.0489. The molecule has 90 valence electrons. The summed E-state index contributed by atoms with van der Waals surface area (Å²) >= 11 is 6.00.